The molecule has 0 spiro atoms. The maximum absolute atomic E-state index is 6.28. The fraction of sp³-hybridized carbons (Fsp3) is 0.400. The van der Waals surface area contributed by atoms with E-state index in [0.29, 0.717) is 13.2 Å². The van der Waals surface area contributed by atoms with Gasteiger partial charge in [0.2, 0.25) is 0 Å². The van der Waals surface area contributed by atoms with Crippen molar-refractivity contribution in [3.8, 4) is 11.5 Å². The van der Waals surface area contributed by atoms with Crippen molar-refractivity contribution in [3.05, 3.63) is 48.0 Å². The molecule has 2 aliphatic heterocycles. The van der Waals surface area contributed by atoms with Crippen molar-refractivity contribution < 1.29 is 14.2 Å². The van der Waals surface area contributed by atoms with E-state index in [9.17, 15) is 0 Å². The summed E-state index contributed by atoms with van der Waals surface area (Å²) in [4.78, 5) is 8.68. The standard InChI is InChI=1S/C20H22N4O3/c1-12-15-5-6-24(20(15)23-11-22-12)19-8-14(10-26-19)27-18-4-2-3-17-16(18)7-13(21)9-25-17/h2-6,11,13-14,19H,7-10,21H2,1H3. The molecule has 2 N–H and O–H groups in total. The Kier molecular flexibility index (Phi) is 3.98. The quantitative estimate of drug-likeness (QED) is 0.766. The van der Waals surface area contributed by atoms with Gasteiger partial charge in [0, 0.05) is 29.6 Å². The number of nitrogens with two attached hydrogens (primary N) is 1. The summed E-state index contributed by atoms with van der Waals surface area (Å²) in [6.07, 6.45) is 5.00. The van der Waals surface area contributed by atoms with Gasteiger partial charge in [-0.15, -0.1) is 0 Å². The van der Waals surface area contributed by atoms with Crippen LogP contribution in [0.3, 0.4) is 0 Å². The lowest BCUT2D eigenvalue weighted by atomic mass is 10.0. The van der Waals surface area contributed by atoms with E-state index in [1.54, 1.807) is 6.33 Å². The first-order valence-electron chi connectivity index (χ1n) is 9.25. The van der Waals surface area contributed by atoms with Crippen molar-refractivity contribution in [2.75, 3.05) is 13.2 Å². The molecule has 2 aliphatic rings. The van der Waals surface area contributed by atoms with Crippen molar-refractivity contribution in [1.29, 1.82) is 0 Å². The van der Waals surface area contributed by atoms with E-state index < -0.39 is 0 Å². The summed E-state index contributed by atoms with van der Waals surface area (Å²) in [5.74, 6) is 1.71. The van der Waals surface area contributed by atoms with Crippen LogP contribution in [0.5, 0.6) is 11.5 Å². The molecule has 1 aromatic carbocycles. The predicted molar refractivity (Wildman–Crippen MR) is 99.9 cm³/mol. The lowest BCUT2D eigenvalue weighted by Crippen LogP contribution is -2.34. The van der Waals surface area contributed by atoms with Crippen molar-refractivity contribution in [2.45, 2.75) is 38.1 Å². The minimum absolute atomic E-state index is 0.00369. The molecule has 3 atom stereocenters. The Hall–Kier alpha value is -2.64. The van der Waals surface area contributed by atoms with Gasteiger partial charge in [-0.2, -0.15) is 0 Å². The van der Waals surface area contributed by atoms with Crippen molar-refractivity contribution in [2.24, 2.45) is 5.73 Å². The summed E-state index contributed by atoms with van der Waals surface area (Å²) in [5.41, 5.74) is 8.97. The average Bonchev–Trinajstić information content (AvgIpc) is 3.30. The smallest absolute Gasteiger partial charge is 0.145 e. The van der Waals surface area contributed by atoms with Crippen LogP contribution in [0.2, 0.25) is 0 Å². The van der Waals surface area contributed by atoms with E-state index in [-0.39, 0.29) is 18.4 Å². The first kappa shape index (κ1) is 16.5. The zero-order valence-electron chi connectivity index (χ0n) is 15.2. The molecule has 7 nitrogen and oxygen atoms in total. The van der Waals surface area contributed by atoms with Gasteiger partial charge in [0.1, 0.15) is 42.4 Å². The van der Waals surface area contributed by atoms with Crippen molar-refractivity contribution in [1.82, 2.24) is 14.5 Å². The molecule has 3 unspecified atom stereocenters. The van der Waals surface area contributed by atoms with Gasteiger partial charge in [0.25, 0.3) is 0 Å². The summed E-state index contributed by atoms with van der Waals surface area (Å²) >= 11 is 0. The fourth-order valence-corrected chi connectivity index (χ4v) is 3.87. The number of hydrogen-bond donors (Lipinski definition) is 1. The second-order valence-electron chi connectivity index (χ2n) is 7.19. The number of aryl methyl sites for hydroxylation is 1. The normalized spacial score (nSPS) is 24.6. The molecule has 3 aromatic rings. The zero-order chi connectivity index (χ0) is 18.4. The monoisotopic (exact) mass is 366 g/mol. The molecule has 2 aromatic heterocycles. The van der Waals surface area contributed by atoms with E-state index >= 15 is 0 Å². The van der Waals surface area contributed by atoms with Crippen LogP contribution >= 0.6 is 0 Å². The molecule has 5 rings (SSSR count). The second-order valence-corrected chi connectivity index (χ2v) is 7.19. The van der Waals surface area contributed by atoms with Crippen LogP contribution < -0.4 is 15.2 Å². The topological polar surface area (TPSA) is 84.4 Å². The number of nitrogens with zero attached hydrogens (tertiary/aromatic N) is 3. The van der Waals surface area contributed by atoms with Crippen LogP contribution in [0.25, 0.3) is 11.0 Å². The number of ether oxygens (including phenoxy) is 3. The molecule has 1 fully saturated rings. The van der Waals surface area contributed by atoms with Crippen molar-refractivity contribution >= 4 is 11.0 Å². The van der Waals surface area contributed by atoms with Crippen LogP contribution in [0.4, 0.5) is 0 Å². The molecule has 1 saturated heterocycles. The third-order valence-electron chi connectivity index (χ3n) is 5.26. The maximum atomic E-state index is 6.28. The highest BCUT2D eigenvalue weighted by Crippen LogP contribution is 2.36. The van der Waals surface area contributed by atoms with E-state index in [1.165, 1.54) is 0 Å². The molecule has 0 saturated carbocycles. The first-order chi connectivity index (χ1) is 13.2. The van der Waals surface area contributed by atoms with E-state index in [0.717, 1.165) is 46.6 Å². The Bertz CT molecular complexity index is 987. The van der Waals surface area contributed by atoms with Gasteiger partial charge in [-0.05, 0) is 31.5 Å². The summed E-state index contributed by atoms with van der Waals surface area (Å²) < 4.78 is 20.1. The molecular weight excluding hydrogens is 344 g/mol. The van der Waals surface area contributed by atoms with Gasteiger partial charge >= 0.3 is 0 Å². The van der Waals surface area contributed by atoms with Crippen LogP contribution in [-0.4, -0.2) is 39.9 Å². The van der Waals surface area contributed by atoms with Gasteiger partial charge in [-0.1, -0.05) is 6.07 Å². The highest BCUT2D eigenvalue weighted by molar-refractivity contribution is 5.78. The summed E-state index contributed by atoms with van der Waals surface area (Å²) in [6.45, 7) is 3.07. The minimum Gasteiger partial charge on any atom is -0.492 e. The summed E-state index contributed by atoms with van der Waals surface area (Å²) in [5, 5.41) is 1.05. The Balaban J connectivity index is 1.35. The molecule has 0 bridgehead atoms. The lowest BCUT2D eigenvalue weighted by molar-refractivity contribution is 0.0525. The number of hydrogen-bond acceptors (Lipinski definition) is 6. The lowest BCUT2D eigenvalue weighted by Gasteiger charge is -2.25. The number of rotatable bonds is 3. The van der Waals surface area contributed by atoms with E-state index in [2.05, 4.69) is 14.5 Å². The summed E-state index contributed by atoms with van der Waals surface area (Å²) in [7, 11) is 0. The highest BCUT2D eigenvalue weighted by atomic mass is 16.6. The summed E-state index contributed by atoms with van der Waals surface area (Å²) in [6, 6.07) is 7.95. The fourth-order valence-electron chi connectivity index (χ4n) is 3.87. The third kappa shape index (κ3) is 2.93. The van der Waals surface area contributed by atoms with Crippen LogP contribution in [-0.2, 0) is 11.2 Å². The number of fused-ring (bicyclic) bond motifs is 2. The molecule has 0 amide bonds. The van der Waals surface area contributed by atoms with E-state index in [1.807, 2.05) is 37.4 Å². The Morgan fingerprint density at radius 1 is 1.22 bits per heavy atom. The molecule has 4 heterocycles. The predicted octanol–water partition coefficient (Wildman–Crippen LogP) is 2.37. The molecule has 0 radical (unpaired) electrons. The molecule has 27 heavy (non-hydrogen) atoms. The van der Waals surface area contributed by atoms with Crippen LogP contribution in [0, 0.1) is 6.92 Å². The van der Waals surface area contributed by atoms with Gasteiger partial charge in [0.05, 0.1) is 12.3 Å². The van der Waals surface area contributed by atoms with Gasteiger partial charge < -0.3 is 24.5 Å². The Labute approximate surface area is 157 Å². The average molecular weight is 366 g/mol. The number of aromatic nitrogens is 3. The SMILES string of the molecule is Cc1ncnc2c1ccn2C1CC(Oc2cccc3c2CC(N)CO3)CO1. The largest absolute Gasteiger partial charge is 0.492 e. The van der Waals surface area contributed by atoms with Crippen LogP contribution in [0.15, 0.2) is 36.8 Å². The highest BCUT2D eigenvalue weighted by Gasteiger charge is 2.31. The van der Waals surface area contributed by atoms with E-state index in [4.69, 9.17) is 19.9 Å². The first-order valence-corrected chi connectivity index (χ1v) is 9.25. The van der Waals surface area contributed by atoms with Crippen molar-refractivity contribution in [3.63, 3.8) is 0 Å². The van der Waals surface area contributed by atoms with Gasteiger partial charge in [0.15, 0.2) is 0 Å². The van der Waals surface area contributed by atoms with Gasteiger partial charge in [-0.25, -0.2) is 9.97 Å². The second kappa shape index (κ2) is 6.51. The molecular formula is C20H22N4O3. The van der Waals surface area contributed by atoms with Crippen LogP contribution in [0.1, 0.15) is 23.9 Å². The zero-order valence-corrected chi connectivity index (χ0v) is 15.2. The maximum Gasteiger partial charge on any atom is 0.145 e. The molecule has 140 valence electrons. The third-order valence-corrected chi connectivity index (χ3v) is 5.26. The minimum atomic E-state index is -0.0974. The van der Waals surface area contributed by atoms with Gasteiger partial charge in [-0.3, -0.25) is 0 Å². The molecule has 0 aliphatic carbocycles. The molecule has 7 heteroatoms. The Morgan fingerprint density at radius 3 is 3.07 bits per heavy atom. The number of benzene rings is 1. The Morgan fingerprint density at radius 2 is 2.15 bits per heavy atom.